The lowest BCUT2D eigenvalue weighted by atomic mass is 10.0. The molecule has 2 amide bonds. The Morgan fingerprint density at radius 2 is 1.61 bits per heavy atom. The van der Waals surface area contributed by atoms with E-state index in [9.17, 15) is 9.59 Å². The summed E-state index contributed by atoms with van der Waals surface area (Å²) in [5, 5.41) is 5.80. The predicted octanol–water partition coefficient (Wildman–Crippen LogP) is 5.80. The lowest BCUT2D eigenvalue weighted by Gasteiger charge is -2.09. The fourth-order valence-corrected chi connectivity index (χ4v) is 3.66. The summed E-state index contributed by atoms with van der Waals surface area (Å²) in [6.45, 7) is 4.27. The van der Waals surface area contributed by atoms with Gasteiger partial charge in [-0.25, -0.2) is 0 Å². The van der Waals surface area contributed by atoms with Gasteiger partial charge in [0.1, 0.15) is 5.75 Å². The van der Waals surface area contributed by atoms with Crippen LogP contribution in [0.4, 0.5) is 11.4 Å². The third-order valence-electron chi connectivity index (χ3n) is 4.68. The third kappa shape index (κ3) is 6.62. The van der Waals surface area contributed by atoms with Gasteiger partial charge >= 0.3 is 0 Å². The molecule has 31 heavy (non-hydrogen) atoms. The van der Waals surface area contributed by atoms with E-state index in [4.69, 9.17) is 4.74 Å². The van der Waals surface area contributed by atoms with Gasteiger partial charge < -0.3 is 15.4 Å². The molecule has 0 bridgehead atoms. The van der Waals surface area contributed by atoms with Crippen LogP contribution in [0.15, 0.2) is 77.7 Å². The Hall–Kier alpha value is -3.25. The molecule has 2 N–H and O–H groups in total. The van der Waals surface area contributed by atoms with E-state index < -0.39 is 0 Å². The molecule has 0 unspecified atom stereocenters. The van der Waals surface area contributed by atoms with Crippen LogP contribution in [0.3, 0.4) is 0 Å². The summed E-state index contributed by atoms with van der Waals surface area (Å²) in [5.41, 5.74) is 3.24. The van der Waals surface area contributed by atoms with Crippen molar-refractivity contribution in [2.45, 2.75) is 24.7 Å². The summed E-state index contributed by atoms with van der Waals surface area (Å²) in [6.07, 6.45) is 0. The number of ether oxygens (including phenoxy) is 1. The smallest absolute Gasteiger partial charge is 0.255 e. The van der Waals surface area contributed by atoms with Gasteiger partial charge in [-0.3, -0.25) is 9.59 Å². The number of methoxy groups -OCH3 is 1. The number of benzene rings is 3. The summed E-state index contributed by atoms with van der Waals surface area (Å²) < 4.78 is 5.11. The van der Waals surface area contributed by atoms with Crippen molar-refractivity contribution >= 4 is 35.0 Å². The Bertz CT molecular complexity index is 1030. The van der Waals surface area contributed by atoms with Gasteiger partial charge in [0.25, 0.3) is 5.91 Å². The number of thioether (sulfide) groups is 1. The summed E-state index contributed by atoms with van der Waals surface area (Å²) in [6, 6.07) is 22.3. The van der Waals surface area contributed by atoms with Gasteiger partial charge in [0.15, 0.2) is 0 Å². The second-order valence-electron chi connectivity index (χ2n) is 7.32. The lowest BCUT2D eigenvalue weighted by molar-refractivity contribution is -0.113. The van der Waals surface area contributed by atoms with Gasteiger partial charge in [-0.15, -0.1) is 11.8 Å². The molecule has 0 aliphatic rings. The van der Waals surface area contributed by atoms with Gasteiger partial charge in [0, 0.05) is 21.8 Å². The van der Waals surface area contributed by atoms with Gasteiger partial charge in [-0.2, -0.15) is 0 Å². The fourth-order valence-electron chi connectivity index (χ4n) is 2.91. The van der Waals surface area contributed by atoms with Crippen LogP contribution in [-0.4, -0.2) is 24.7 Å². The van der Waals surface area contributed by atoms with E-state index in [1.165, 1.54) is 17.3 Å². The van der Waals surface area contributed by atoms with Crippen LogP contribution in [0.25, 0.3) is 0 Å². The third-order valence-corrected chi connectivity index (χ3v) is 5.67. The summed E-state index contributed by atoms with van der Waals surface area (Å²) in [5.74, 6) is 1.16. The highest BCUT2D eigenvalue weighted by molar-refractivity contribution is 8.00. The molecule has 0 aromatic heterocycles. The van der Waals surface area contributed by atoms with Gasteiger partial charge in [-0.05, 0) is 66.1 Å². The molecule has 0 radical (unpaired) electrons. The maximum atomic E-state index is 12.4. The molecule has 3 aromatic rings. The lowest BCUT2D eigenvalue weighted by Crippen LogP contribution is -2.14. The zero-order valence-electron chi connectivity index (χ0n) is 17.8. The zero-order valence-corrected chi connectivity index (χ0v) is 18.7. The van der Waals surface area contributed by atoms with Crippen molar-refractivity contribution in [2.75, 3.05) is 23.5 Å². The van der Waals surface area contributed by atoms with Crippen LogP contribution in [0.5, 0.6) is 5.75 Å². The molecule has 0 fully saturated rings. The monoisotopic (exact) mass is 434 g/mol. The first-order valence-electron chi connectivity index (χ1n) is 10.0. The van der Waals surface area contributed by atoms with E-state index in [0.717, 1.165) is 10.6 Å². The number of hydrogen-bond donors (Lipinski definition) is 2. The average Bonchev–Trinajstić information content (AvgIpc) is 2.78. The summed E-state index contributed by atoms with van der Waals surface area (Å²) in [4.78, 5) is 25.6. The number of carbonyl (C=O) groups excluding carboxylic acids is 2. The number of hydrogen-bond acceptors (Lipinski definition) is 4. The Labute approximate surface area is 187 Å². The molecule has 3 rings (SSSR count). The molecular weight excluding hydrogens is 408 g/mol. The van der Waals surface area contributed by atoms with E-state index >= 15 is 0 Å². The second-order valence-corrected chi connectivity index (χ2v) is 8.37. The average molecular weight is 435 g/mol. The van der Waals surface area contributed by atoms with E-state index in [2.05, 4.69) is 24.5 Å². The first-order valence-corrected chi connectivity index (χ1v) is 11.0. The molecule has 3 aromatic carbocycles. The first-order chi connectivity index (χ1) is 14.9. The van der Waals surface area contributed by atoms with Gasteiger partial charge in [-0.1, -0.05) is 32.0 Å². The molecule has 0 aliphatic heterocycles. The molecule has 0 saturated carbocycles. The molecule has 0 heterocycles. The highest BCUT2D eigenvalue weighted by atomic mass is 32.2. The van der Waals surface area contributed by atoms with Crippen molar-refractivity contribution in [3.8, 4) is 5.75 Å². The number of nitrogens with one attached hydrogen (secondary N) is 2. The van der Waals surface area contributed by atoms with Crippen LogP contribution in [0.2, 0.25) is 0 Å². The zero-order chi connectivity index (χ0) is 22.2. The maximum absolute atomic E-state index is 12.4. The van der Waals surface area contributed by atoms with Crippen molar-refractivity contribution in [1.82, 2.24) is 0 Å². The summed E-state index contributed by atoms with van der Waals surface area (Å²) in [7, 11) is 1.58. The minimum absolute atomic E-state index is 0.0741. The SMILES string of the molecule is COc1ccc(C(=O)Nc2cccc(SCC(=O)Nc3ccc(C(C)C)cc3)c2)cc1. The minimum Gasteiger partial charge on any atom is -0.497 e. The molecular formula is C25H26N2O3S. The quantitative estimate of drug-likeness (QED) is 0.440. The van der Waals surface area contributed by atoms with Gasteiger partial charge in [0.05, 0.1) is 12.9 Å². The molecule has 0 atom stereocenters. The first kappa shape index (κ1) is 22.4. The van der Waals surface area contributed by atoms with Crippen LogP contribution in [0, 0.1) is 0 Å². The number of anilines is 2. The van der Waals surface area contributed by atoms with Crippen molar-refractivity contribution < 1.29 is 14.3 Å². The normalized spacial score (nSPS) is 10.6. The Kier molecular flexibility index (Phi) is 7.73. The Morgan fingerprint density at radius 1 is 0.903 bits per heavy atom. The van der Waals surface area contributed by atoms with Crippen molar-refractivity contribution in [3.05, 3.63) is 83.9 Å². The maximum Gasteiger partial charge on any atom is 0.255 e. The topological polar surface area (TPSA) is 67.4 Å². The van der Waals surface area contributed by atoms with Crippen molar-refractivity contribution in [2.24, 2.45) is 0 Å². The predicted molar refractivity (Wildman–Crippen MR) is 127 cm³/mol. The molecule has 160 valence electrons. The van der Waals surface area contributed by atoms with E-state index in [1.54, 1.807) is 31.4 Å². The Balaban J connectivity index is 1.53. The number of carbonyl (C=O) groups is 2. The molecule has 0 aliphatic carbocycles. The van der Waals surface area contributed by atoms with Gasteiger partial charge in [0.2, 0.25) is 5.91 Å². The standard InChI is InChI=1S/C25H26N2O3S/c1-17(2)18-7-11-20(12-8-18)26-24(28)16-31-23-6-4-5-21(15-23)27-25(29)19-9-13-22(30-3)14-10-19/h4-15,17H,16H2,1-3H3,(H,26,28)(H,27,29). The van der Waals surface area contributed by atoms with Crippen LogP contribution in [-0.2, 0) is 4.79 Å². The van der Waals surface area contributed by atoms with E-state index in [1.807, 2.05) is 48.5 Å². The number of amides is 2. The summed E-state index contributed by atoms with van der Waals surface area (Å²) >= 11 is 1.42. The molecule has 5 nitrogen and oxygen atoms in total. The van der Waals surface area contributed by atoms with Crippen molar-refractivity contribution in [1.29, 1.82) is 0 Å². The molecule has 6 heteroatoms. The molecule has 0 spiro atoms. The Morgan fingerprint density at radius 3 is 2.26 bits per heavy atom. The highest BCUT2D eigenvalue weighted by Gasteiger charge is 2.08. The number of rotatable bonds is 8. The van der Waals surface area contributed by atoms with Crippen molar-refractivity contribution in [3.63, 3.8) is 0 Å². The van der Waals surface area contributed by atoms with E-state index in [0.29, 0.717) is 22.9 Å². The van der Waals surface area contributed by atoms with Crippen LogP contribution in [0.1, 0.15) is 35.7 Å². The highest BCUT2D eigenvalue weighted by Crippen LogP contribution is 2.23. The largest absolute Gasteiger partial charge is 0.497 e. The second kappa shape index (κ2) is 10.7. The fraction of sp³-hybridized carbons (Fsp3) is 0.200. The van der Waals surface area contributed by atoms with Crippen LogP contribution >= 0.6 is 11.8 Å². The minimum atomic E-state index is -0.201. The molecule has 0 saturated heterocycles. The van der Waals surface area contributed by atoms with E-state index in [-0.39, 0.29) is 17.6 Å². The van der Waals surface area contributed by atoms with Crippen LogP contribution < -0.4 is 15.4 Å².